The number of carboxylic acid groups (broad SMARTS) is 1. The van der Waals surface area contributed by atoms with Crippen LogP contribution in [0.15, 0.2) is 36.5 Å². The number of carbonyl (C=O) groups is 1. The van der Waals surface area contributed by atoms with Crippen molar-refractivity contribution in [2.45, 2.75) is 0 Å². The first-order chi connectivity index (χ1) is 9.11. The highest BCUT2D eigenvalue weighted by Gasteiger charge is 2.14. The van der Waals surface area contributed by atoms with Gasteiger partial charge in [0.15, 0.2) is 11.5 Å². The molecule has 0 aliphatic heterocycles. The molecule has 0 spiro atoms. The summed E-state index contributed by atoms with van der Waals surface area (Å²) in [6.07, 6.45) is 1.45. The number of rotatable bonds is 4. The van der Waals surface area contributed by atoms with Crippen LogP contribution in [-0.4, -0.2) is 23.2 Å². The van der Waals surface area contributed by atoms with E-state index in [4.69, 9.17) is 26.2 Å². The smallest absolute Gasteiger partial charge is 0.341 e. The van der Waals surface area contributed by atoms with Crippen LogP contribution in [0.4, 0.5) is 0 Å². The van der Waals surface area contributed by atoms with Crippen molar-refractivity contribution < 1.29 is 19.4 Å². The molecule has 0 aliphatic carbocycles. The fourth-order valence-corrected chi connectivity index (χ4v) is 1.63. The normalized spacial score (nSPS) is 10.0. The van der Waals surface area contributed by atoms with Crippen molar-refractivity contribution in [1.29, 1.82) is 0 Å². The van der Waals surface area contributed by atoms with Crippen molar-refractivity contribution in [2.24, 2.45) is 0 Å². The summed E-state index contributed by atoms with van der Waals surface area (Å²) < 4.78 is 10.6. The fourth-order valence-electron chi connectivity index (χ4n) is 1.46. The lowest BCUT2D eigenvalue weighted by Crippen LogP contribution is -2.02. The summed E-state index contributed by atoms with van der Waals surface area (Å²) in [7, 11) is 1.47. The van der Waals surface area contributed by atoms with Crippen LogP contribution in [0.25, 0.3) is 0 Å². The zero-order chi connectivity index (χ0) is 13.8. The van der Waals surface area contributed by atoms with Crippen molar-refractivity contribution in [1.82, 2.24) is 4.98 Å². The third kappa shape index (κ3) is 2.95. The molecule has 6 heteroatoms. The molecular weight excluding hydrogens is 270 g/mol. The highest BCUT2D eigenvalue weighted by molar-refractivity contribution is 6.30. The van der Waals surface area contributed by atoms with Gasteiger partial charge in [0.05, 0.1) is 7.11 Å². The molecule has 0 saturated carbocycles. The minimum atomic E-state index is -1.11. The van der Waals surface area contributed by atoms with Crippen LogP contribution in [0.5, 0.6) is 17.4 Å². The molecule has 5 nitrogen and oxygen atoms in total. The van der Waals surface area contributed by atoms with E-state index in [1.54, 1.807) is 18.2 Å². The topological polar surface area (TPSA) is 68.7 Å². The van der Waals surface area contributed by atoms with Crippen LogP contribution in [0.1, 0.15) is 10.4 Å². The van der Waals surface area contributed by atoms with Gasteiger partial charge >= 0.3 is 5.97 Å². The molecule has 19 heavy (non-hydrogen) atoms. The van der Waals surface area contributed by atoms with E-state index < -0.39 is 5.97 Å². The Kier molecular flexibility index (Phi) is 3.87. The summed E-state index contributed by atoms with van der Waals surface area (Å²) in [5.41, 5.74) is -0.0282. The molecule has 0 saturated heterocycles. The number of benzene rings is 1. The van der Waals surface area contributed by atoms with E-state index in [1.807, 2.05) is 0 Å². The van der Waals surface area contributed by atoms with Gasteiger partial charge in [-0.15, -0.1) is 0 Å². The fraction of sp³-hybridized carbons (Fsp3) is 0.0769. The third-order valence-electron chi connectivity index (χ3n) is 2.33. The van der Waals surface area contributed by atoms with E-state index in [9.17, 15) is 4.79 Å². The van der Waals surface area contributed by atoms with E-state index >= 15 is 0 Å². The van der Waals surface area contributed by atoms with Gasteiger partial charge in [-0.05, 0) is 24.3 Å². The Morgan fingerprint density at radius 2 is 2.11 bits per heavy atom. The van der Waals surface area contributed by atoms with Crippen LogP contribution in [0.3, 0.4) is 0 Å². The van der Waals surface area contributed by atoms with E-state index in [0.29, 0.717) is 16.5 Å². The zero-order valence-corrected chi connectivity index (χ0v) is 10.7. The Labute approximate surface area is 114 Å². The highest BCUT2D eigenvalue weighted by atomic mass is 35.5. The molecular formula is C13H10ClNO4. The van der Waals surface area contributed by atoms with Gasteiger partial charge in [0.1, 0.15) is 5.56 Å². The first kappa shape index (κ1) is 13.2. The van der Waals surface area contributed by atoms with E-state index in [2.05, 4.69) is 4.98 Å². The van der Waals surface area contributed by atoms with Crippen molar-refractivity contribution in [3.05, 3.63) is 47.1 Å². The van der Waals surface area contributed by atoms with Gasteiger partial charge in [0, 0.05) is 17.3 Å². The highest BCUT2D eigenvalue weighted by Crippen LogP contribution is 2.33. The molecule has 0 atom stereocenters. The molecule has 0 amide bonds. The van der Waals surface area contributed by atoms with Crippen molar-refractivity contribution in [3.63, 3.8) is 0 Å². The summed E-state index contributed by atoms with van der Waals surface area (Å²) in [6.45, 7) is 0. The average molecular weight is 280 g/mol. The number of nitrogens with zero attached hydrogens (tertiary/aromatic N) is 1. The monoisotopic (exact) mass is 279 g/mol. The third-order valence-corrected chi connectivity index (χ3v) is 2.57. The minimum absolute atomic E-state index is 0.00405. The first-order valence-corrected chi connectivity index (χ1v) is 5.69. The van der Waals surface area contributed by atoms with Gasteiger partial charge in [-0.25, -0.2) is 9.78 Å². The molecule has 0 bridgehead atoms. The Morgan fingerprint density at radius 3 is 2.79 bits per heavy atom. The zero-order valence-electron chi connectivity index (χ0n) is 9.96. The molecule has 1 N–H and O–H groups in total. The minimum Gasteiger partial charge on any atom is -0.493 e. The SMILES string of the molecule is COc1cc(Cl)ccc1Oc1ncccc1C(=O)O. The second-order valence-electron chi connectivity index (χ2n) is 3.56. The van der Waals surface area contributed by atoms with Crippen LogP contribution in [0.2, 0.25) is 5.02 Å². The predicted molar refractivity (Wildman–Crippen MR) is 69.3 cm³/mol. The van der Waals surface area contributed by atoms with Crippen molar-refractivity contribution >= 4 is 17.6 Å². The molecule has 98 valence electrons. The van der Waals surface area contributed by atoms with Crippen LogP contribution in [-0.2, 0) is 0 Å². The van der Waals surface area contributed by atoms with Gasteiger partial charge in [-0.3, -0.25) is 0 Å². The summed E-state index contributed by atoms with van der Waals surface area (Å²) in [4.78, 5) is 14.9. The number of ether oxygens (including phenoxy) is 2. The summed E-state index contributed by atoms with van der Waals surface area (Å²) in [6, 6.07) is 7.70. The maximum Gasteiger partial charge on any atom is 0.341 e. The lowest BCUT2D eigenvalue weighted by molar-refractivity contribution is 0.0693. The number of aromatic carboxylic acids is 1. The number of pyridine rings is 1. The summed E-state index contributed by atoms with van der Waals surface area (Å²) in [5.74, 6) is -0.380. The largest absolute Gasteiger partial charge is 0.493 e. The molecule has 1 aromatic heterocycles. The maximum atomic E-state index is 11.0. The van der Waals surface area contributed by atoms with Gasteiger partial charge in [-0.1, -0.05) is 11.6 Å². The van der Waals surface area contributed by atoms with Gasteiger partial charge < -0.3 is 14.6 Å². The Hall–Kier alpha value is -2.27. The van der Waals surface area contributed by atoms with Crippen LogP contribution in [0, 0.1) is 0 Å². The standard InChI is InChI=1S/C13H10ClNO4/c1-18-11-7-8(14)4-5-10(11)19-12-9(13(16)17)3-2-6-15-12/h2-7H,1H3,(H,16,17). The number of hydrogen-bond donors (Lipinski definition) is 1. The van der Waals surface area contributed by atoms with Gasteiger partial charge in [-0.2, -0.15) is 0 Å². The van der Waals surface area contributed by atoms with Gasteiger partial charge in [0.25, 0.3) is 0 Å². The Morgan fingerprint density at radius 1 is 1.32 bits per heavy atom. The maximum absolute atomic E-state index is 11.0. The van der Waals surface area contributed by atoms with Crippen molar-refractivity contribution in [2.75, 3.05) is 7.11 Å². The molecule has 0 unspecified atom stereocenters. The molecule has 0 fully saturated rings. The predicted octanol–water partition coefficient (Wildman–Crippen LogP) is 3.23. The molecule has 0 radical (unpaired) electrons. The van der Waals surface area contributed by atoms with E-state index in [0.717, 1.165) is 0 Å². The number of aromatic nitrogens is 1. The average Bonchev–Trinajstić information content (AvgIpc) is 2.41. The molecule has 1 heterocycles. The second-order valence-corrected chi connectivity index (χ2v) is 3.99. The lowest BCUT2D eigenvalue weighted by Gasteiger charge is -2.11. The quantitative estimate of drug-likeness (QED) is 0.930. The second kappa shape index (κ2) is 5.58. The van der Waals surface area contributed by atoms with Crippen LogP contribution >= 0.6 is 11.6 Å². The van der Waals surface area contributed by atoms with Crippen LogP contribution < -0.4 is 9.47 Å². The number of carboxylic acids is 1. The van der Waals surface area contributed by atoms with Crippen molar-refractivity contribution in [3.8, 4) is 17.4 Å². The first-order valence-electron chi connectivity index (χ1n) is 5.31. The summed E-state index contributed by atoms with van der Waals surface area (Å²) in [5, 5.41) is 9.53. The number of halogens is 1. The Balaban J connectivity index is 2.39. The number of methoxy groups -OCH3 is 1. The molecule has 2 rings (SSSR count). The van der Waals surface area contributed by atoms with E-state index in [1.165, 1.54) is 25.4 Å². The van der Waals surface area contributed by atoms with Gasteiger partial charge in [0.2, 0.25) is 5.88 Å². The molecule has 1 aromatic carbocycles. The van der Waals surface area contributed by atoms with E-state index in [-0.39, 0.29) is 11.4 Å². The summed E-state index contributed by atoms with van der Waals surface area (Å²) >= 11 is 5.83. The lowest BCUT2D eigenvalue weighted by atomic mass is 10.2. The Bertz CT molecular complexity index is 615. The molecule has 2 aromatic rings. The molecule has 0 aliphatic rings. The number of hydrogen-bond acceptors (Lipinski definition) is 4.